The molecule has 1 aromatic carbocycles. The molecule has 0 atom stereocenters. The summed E-state index contributed by atoms with van der Waals surface area (Å²) in [6, 6.07) is 11.3. The van der Waals surface area contributed by atoms with E-state index in [4.69, 9.17) is 16.3 Å². The van der Waals surface area contributed by atoms with Gasteiger partial charge >= 0.3 is 0 Å². The molecule has 28 heavy (non-hydrogen) atoms. The minimum absolute atomic E-state index is 0.0462. The lowest BCUT2D eigenvalue weighted by Gasteiger charge is -2.25. The van der Waals surface area contributed by atoms with E-state index in [-0.39, 0.29) is 5.91 Å². The van der Waals surface area contributed by atoms with E-state index in [1.54, 1.807) is 37.4 Å². The van der Waals surface area contributed by atoms with Crippen molar-refractivity contribution in [2.24, 2.45) is 0 Å². The number of halogens is 1. The first kappa shape index (κ1) is 18.2. The first-order chi connectivity index (χ1) is 13.5. The zero-order chi connectivity index (χ0) is 19.7. The number of rotatable bonds is 2. The zero-order valence-corrected chi connectivity index (χ0v) is 16.3. The number of methoxy groups -OCH3 is 1. The van der Waals surface area contributed by atoms with E-state index in [0.29, 0.717) is 17.4 Å². The smallest absolute Gasteiger partial charge is 0.224 e. The molecule has 4 rings (SSSR count). The van der Waals surface area contributed by atoms with Gasteiger partial charge in [-0.3, -0.25) is 9.78 Å². The van der Waals surface area contributed by atoms with Crippen LogP contribution in [0.5, 0.6) is 5.88 Å². The Morgan fingerprint density at radius 2 is 1.82 bits per heavy atom. The van der Waals surface area contributed by atoms with E-state index in [2.05, 4.69) is 16.0 Å². The summed E-state index contributed by atoms with van der Waals surface area (Å²) in [5.74, 6) is 0.517. The molecule has 3 aromatic rings. The summed E-state index contributed by atoms with van der Waals surface area (Å²) in [7, 11) is 1.59. The maximum Gasteiger partial charge on any atom is 0.224 e. The van der Waals surface area contributed by atoms with Crippen LogP contribution in [0.15, 0.2) is 48.8 Å². The molecule has 0 N–H and O–H groups in total. The molecule has 2 aromatic heterocycles. The van der Waals surface area contributed by atoms with E-state index >= 15 is 0 Å². The number of hydrogen-bond donors (Lipinski definition) is 0. The van der Waals surface area contributed by atoms with Gasteiger partial charge in [-0.25, -0.2) is 4.98 Å². The van der Waals surface area contributed by atoms with Crippen molar-refractivity contribution in [3.05, 3.63) is 70.6 Å². The number of carbonyl (C=O) groups is 1. The first-order valence-corrected chi connectivity index (χ1v) is 9.18. The lowest BCUT2D eigenvalue weighted by Crippen LogP contribution is -2.29. The normalized spacial score (nSPS) is 12.6. The second-order valence-corrected chi connectivity index (χ2v) is 6.93. The topological polar surface area (TPSA) is 55.3 Å². The number of nitrogens with zero attached hydrogens (tertiary/aromatic N) is 3. The molecule has 0 spiro atoms. The Kier molecular flexibility index (Phi) is 4.84. The van der Waals surface area contributed by atoms with Gasteiger partial charge in [-0.1, -0.05) is 23.8 Å². The number of anilines is 1. The SMILES string of the molecule is COc1ccc(-c2cnc3c(c2)C=Cc2cc(Cl)ccc2N(C(C)=O)C3)cn1. The highest BCUT2D eigenvalue weighted by atomic mass is 35.5. The van der Waals surface area contributed by atoms with Crippen molar-refractivity contribution in [3.63, 3.8) is 0 Å². The van der Waals surface area contributed by atoms with Gasteiger partial charge in [-0.15, -0.1) is 0 Å². The Bertz CT molecular complexity index is 1080. The van der Waals surface area contributed by atoms with Gasteiger partial charge in [0, 0.05) is 41.5 Å². The Morgan fingerprint density at radius 1 is 1.04 bits per heavy atom. The van der Waals surface area contributed by atoms with Gasteiger partial charge in [0.25, 0.3) is 0 Å². The highest BCUT2D eigenvalue weighted by Gasteiger charge is 2.20. The zero-order valence-electron chi connectivity index (χ0n) is 15.5. The number of hydrogen-bond acceptors (Lipinski definition) is 4. The Morgan fingerprint density at radius 3 is 2.54 bits per heavy atom. The lowest BCUT2D eigenvalue weighted by atomic mass is 10.0. The number of pyridine rings is 2. The second-order valence-electron chi connectivity index (χ2n) is 6.49. The fraction of sp³-hybridized carbons (Fsp3) is 0.136. The molecule has 3 heterocycles. The van der Waals surface area contributed by atoms with Gasteiger partial charge < -0.3 is 9.64 Å². The Labute approximate surface area is 168 Å². The van der Waals surface area contributed by atoms with Crippen LogP contribution in [0.25, 0.3) is 23.3 Å². The minimum Gasteiger partial charge on any atom is -0.481 e. The summed E-state index contributed by atoms with van der Waals surface area (Å²) in [6.45, 7) is 1.95. The van der Waals surface area contributed by atoms with Gasteiger partial charge in [0.1, 0.15) is 0 Å². The molecule has 1 amide bonds. The molecule has 5 nitrogen and oxygen atoms in total. The van der Waals surface area contributed by atoms with E-state index in [0.717, 1.165) is 33.6 Å². The maximum absolute atomic E-state index is 12.3. The fourth-order valence-corrected chi connectivity index (χ4v) is 3.40. The first-order valence-electron chi connectivity index (χ1n) is 8.80. The van der Waals surface area contributed by atoms with Gasteiger partial charge in [0.05, 0.1) is 25.0 Å². The number of fused-ring (bicyclic) bond motifs is 2. The third-order valence-electron chi connectivity index (χ3n) is 4.69. The molecule has 0 aliphatic carbocycles. The fourth-order valence-electron chi connectivity index (χ4n) is 3.22. The summed E-state index contributed by atoms with van der Waals surface area (Å²) in [6.07, 6.45) is 7.53. The maximum atomic E-state index is 12.3. The minimum atomic E-state index is -0.0462. The molecule has 0 fully saturated rings. The summed E-state index contributed by atoms with van der Waals surface area (Å²) in [5, 5.41) is 0.629. The quantitative estimate of drug-likeness (QED) is 0.627. The van der Waals surface area contributed by atoms with Gasteiger partial charge in [0.2, 0.25) is 11.8 Å². The average Bonchev–Trinajstić information content (AvgIpc) is 2.69. The van der Waals surface area contributed by atoms with Crippen LogP contribution in [0, 0.1) is 0 Å². The van der Waals surface area contributed by atoms with E-state index in [1.165, 1.54) is 0 Å². The molecular formula is C22H18ClN3O2. The van der Waals surface area contributed by atoms with Crippen molar-refractivity contribution < 1.29 is 9.53 Å². The summed E-state index contributed by atoms with van der Waals surface area (Å²) >= 11 is 6.16. The average molecular weight is 392 g/mol. The molecule has 1 aliphatic rings. The molecule has 1 aliphatic heterocycles. The number of amides is 1. The van der Waals surface area contributed by atoms with Crippen molar-refractivity contribution in [3.8, 4) is 17.0 Å². The Hall–Kier alpha value is -3.18. The van der Waals surface area contributed by atoms with E-state index in [9.17, 15) is 4.79 Å². The lowest BCUT2D eigenvalue weighted by molar-refractivity contribution is -0.116. The standard InChI is InChI=1S/C22H18ClN3O2/c1-14(27)26-13-20-15(3-4-16-10-19(23)6-7-21(16)26)9-18(12-24-20)17-5-8-22(28-2)25-11-17/h3-12H,13H2,1-2H3. The number of ether oxygens (including phenoxy) is 1. The van der Waals surface area contributed by atoms with Crippen molar-refractivity contribution >= 4 is 35.3 Å². The van der Waals surface area contributed by atoms with Crippen LogP contribution in [0.3, 0.4) is 0 Å². The van der Waals surface area contributed by atoms with Crippen molar-refractivity contribution in [1.82, 2.24) is 9.97 Å². The van der Waals surface area contributed by atoms with Gasteiger partial charge in [-0.2, -0.15) is 0 Å². The Balaban J connectivity index is 1.79. The number of carbonyl (C=O) groups excluding carboxylic acids is 1. The van der Waals surface area contributed by atoms with Crippen LogP contribution >= 0.6 is 11.6 Å². The van der Waals surface area contributed by atoms with E-state index < -0.39 is 0 Å². The van der Waals surface area contributed by atoms with E-state index in [1.807, 2.05) is 36.4 Å². The highest BCUT2D eigenvalue weighted by Crippen LogP contribution is 2.32. The summed E-state index contributed by atoms with van der Waals surface area (Å²) in [4.78, 5) is 22.9. The molecule has 0 unspecified atom stereocenters. The highest BCUT2D eigenvalue weighted by molar-refractivity contribution is 6.30. The monoisotopic (exact) mass is 391 g/mol. The van der Waals surface area contributed by atoms with Crippen LogP contribution < -0.4 is 9.64 Å². The van der Waals surface area contributed by atoms with Crippen LogP contribution in [0.4, 0.5) is 5.69 Å². The molecule has 0 radical (unpaired) electrons. The predicted octanol–water partition coefficient (Wildman–Crippen LogP) is 4.84. The third-order valence-corrected chi connectivity index (χ3v) is 4.93. The van der Waals surface area contributed by atoms with Crippen LogP contribution in [-0.4, -0.2) is 23.0 Å². The van der Waals surface area contributed by atoms with Crippen molar-refractivity contribution in [2.45, 2.75) is 13.5 Å². The van der Waals surface area contributed by atoms with Crippen molar-refractivity contribution in [2.75, 3.05) is 12.0 Å². The largest absolute Gasteiger partial charge is 0.481 e. The molecule has 0 bridgehead atoms. The van der Waals surface area contributed by atoms with Crippen LogP contribution in [-0.2, 0) is 11.3 Å². The molecule has 6 heteroatoms. The molecule has 0 saturated carbocycles. The van der Waals surface area contributed by atoms with Crippen LogP contribution in [0.2, 0.25) is 5.02 Å². The third kappa shape index (κ3) is 3.49. The van der Waals surface area contributed by atoms with Crippen LogP contribution in [0.1, 0.15) is 23.7 Å². The molecule has 140 valence electrons. The number of aromatic nitrogens is 2. The molecular weight excluding hydrogens is 374 g/mol. The summed E-state index contributed by atoms with van der Waals surface area (Å²) < 4.78 is 5.12. The van der Waals surface area contributed by atoms with Gasteiger partial charge in [-0.05, 0) is 41.5 Å². The molecule has 0 saturated heterocycles. The van der Waals surface area contributed by atoms with Crippen molar-refractivity contribution in [1.29, 1.82) is 0 Å². The summed E-state index contributed by atoms with van der Waals surface area (Å²) in [5.41, 5.74) is 5.38. The van der Waals surface area contributed by atoms with Gasteiger partial charge in [0.15, 0.2) is 0 Å². The number of benzene rings is 1. The predicted molar refractivity (Wildman–Crippen MR) is 111 cm³/mol. The second kappa shape index (κ2) is 7.44.